The molecule has 0 radical (unpaired) electrons. The highest BCUT2D eigenvalue weighted by Crippen LogP contribution is 2.41. The Morgan fingerprint density at radius 2 is 2.00 bits per heavy atom. The summed E-state index contributed by atoms with van der Waals surface area (Å²) in [6, 6.07) is 9.58. The summed E-state index contributed by atoms with van der Waals surface area (Å²) >= 11 is 0. The fourth-order valence-corrected chi connectivity index (χ4v) is 3.48. The summed E-state index contributed by atoms with van der Waals surface area (Å²) < 4.78 is 13.7. The van der Waals surface area contributed by atoms with E-state index < -0.39 is 0 Å². The summed E-state index contributed by atoms with van der Waals surface area (Å²) in [5.41, 5.74) is 9.21. The van der Waals surface area contributed by atoms with E-state index in [9.17, 15) is 0 Å². The fourth-order valence-electron chi connectivity index (χ4n) is 3.48. The average Bonchev–Trinajstić information content (AvgIpc) is 3.43. The van der Waals surface area contributed by atoms with Crippen LogP contribution < -0.4 is 15.8 Å². The fraction of sp³-hybridized carbons (Fsp3) is 0.333. The van der Waals surface area contributed by atoms with Crippen molar-refractivity contribution in [2.24, 2.45) is 12.5 Å². The van der Waals surface area contributed by atoms with Crippen LogP contribution in [-0.2, 0) is 7.05 Å². The summed E-state index contributed by atoms with van der Waals surface area (Å²) in [6.07, 6.45) is 3.29. The average molecular weight is 448 g/mol. The molecule has 0 fully saturated rings. The molecule has 4 aromatic rings. The van der Waals surface area contributed by atoms with Crippen LogP contribution in [0.3, 0.4) is 0 Å². The van der Waals surface area contributed by atoms with Crippen LogP contribution in [0, 0.1) is 5.41 Å². The van der Waals surface area contributed by atoms with Gasteiger partial charge in [0.1, 0.15) is 23.7 Å². The summed E-state index contributed by atoms with van der Waals surface area (Å²) in [7, 11) is 1.90. The zero-order valence-electron chi connectivity index (χ0n) is 19.6. The maximum Gasteiger partial charge on any atom is 0.222 e. The van der Waals surface area contributed by atoms with E-state index in [1.807, 2.05) is 48.9 Å². The molecule has 3 aromatic heterocycles. The third-order valence-electron chi connectivity index (χ3n) is 4.99. The number of nitrogens with two attached hydrogens (primary N) is 1. The summed E-state index contributed by atoms with van der Waals surface area (Å²) in [5.74, 6) is 2.81. The van der Waals surface area contributed by atoms with Gasteiger partial charge in [0.2, 0.25) is 5.95 Å². The first-order valence-corrected chi connectivity index (χ1v) is 10.8. The highest BCUT2D eigenvalue weighted by molar-refractivity contribution is 5.89. The summed E-state index contributed by atoms with van der Waals surface area (Å²) in [4.78, 5) is 9.11. The van der Waals surface area contributed by atoms with E-state index in [4.69, 9.17) is 14.9 Å². The van der Waals surface area contributed by atoms with Gasteiger partial charge in [0, 0.05) is 24.7 Å². The Morgan fingerprint density at radius 3 is 2.64 bits per heavy atom. The molecule has 0 saturated carbocycles. The number of aromatic nitrogens is 5. The number of benzene rings is 1. The zero-order chi connectivity index (χ0) is 23.6. The first kappa shape index (κ1) is 22.3. The van der Waals surface area contributed by atoms with Crippen molar-refractivity contribution >= 4 is 11.8 Å². The van der Waals surface area contributed by atoms with Crippen LogP contribution in [0.25, 0.3) is 34.0 Å². The van der Waals surface area contributed by atoms with Crippen LogP contribution in [0.1, 0.15) is 27.7 Å². The van der Waals surface area contributed by atoms with Gasteiger partial charge in [-0.3, -0.25) is 0 Å². The molecule has 4 rings (SSSR count). The third-order valence-corrected chi connectivity index (χ3v) is 4.99. The van der Waals surface area contributed by atoms with E-state index in [2.05, 4.69) is 46.3 Å². The predicted molar refractivity (Wildman–Crippen MR) is 129 cm³/mol. The number of nitrogens with one attached hydrogen (secondary N) is 1. The lowest BCUT2D eigenvalue weighted by Crippen LogP contribution is -2.20. The van der Waals surface area contributed by atoms with Gasteiger partial charge in [-0.05, 0) is 36.6 Å². The molecule has 0 aliphatic heterocycles. The van der Waals surface area contributed by atoms with Crippen molar-refractivity contribution in [3.05, 3.63) is 42.9 Å². The van der Waals surface area contributed by atoms with Crippen LogP contribution in [0.5, 0.6) is 5.75 Å². The molecule has 172 valence electrons. The van der Waals surface area contributed by atoms with E-state index in [1.54, 1.807) is 12.6 Å². The van der Waals surface area contributed by atoms with Gasteiger partial charge in [-0.1, -0.05) is 26.8 Å². The largest absolute Gasteiger partial charge is 0.493 e. The van der Waals surface area contributed by atoms with E-state index in [-0.39, 0.29) is 11.4 Å². The number of furan rings is 1. The molecule has 0 saturated heterocycles. The normalized spacial score (nSPS) is 11.5. The number of aryl methyl sites for hydroxylation is 1. The molecule has 9 heteroatoms. The molecule has 0 atom stereocenters. The van der Waals surface area contributed by atoms with Gasteiger partial charge < -0.3 is 24.8 Å². The van der Waals surface area contributed by atoms with Gasteiger partial charge in [0.05, 0.1) is 24.1 Å². The smallest absolute Gasteiger partial charge is 0.222 e. The Balaban J connectivity index is 1.91. The Morgan fingerprint density at radius 1 is 1.18 bits per heavy atom. The number of hydrogen-bond acceptors (Lipinski definition) is 8. The minimum absolute atomic E-state index is 0.0363. The summed E-state index contributed by atoms with van der Waals surface area (Å²) in [5, 5.41) is 11.6. The standard InChI is InChI=1S/C24H29N7O2/c1-6-32-18-12-15(22-30-27-14-31(22)5)9-10-16(18)20-19(17-8-7-11-33-17)21(29-23(25)28-20)26-13-24(2,3)4/h7-12,14H,6,13H2,1-5H3,(H3,25,26,28,29). The Labute approximate surface area is 193 Å². The number of hydrogen-bond donors (Lipinski definition) is 2. The second-order valence-electron chi connectivity index (χ2n) is 8.95. The minimum atomic E-state index is 0.0363. The number of nitrogen functional groups attached to an aromatic ring is 1. The maximum atomic E-state index is 6.15. The van der Waals surface area contributed by atoms with Gasteiger partial charge in [-0.2, -0.15) is 4.98 Å². The van der Waals surface area contributed by atoms with E-state index in [0.29, 0.717) is 36.2 Å². The highest BCUT2D eigenvalue weighted by atomic mass is 16.5. The molecule has 0 amide bonds. The third kappa shape index (κ3) is 4.82. The van der Waals surface area contributed by atoms with Crippen molar-refractivity contribution in [1.29, 1.82) is 0 Å². The molecule has 33 heavy (non-hydrogen) atoms. The van der Waals surface area contributed by atoms with Crippen molar-refractivity contribution in [3.63, 3.8) is 0 Å². The van der Waals surface area contributed by atoms with E-state index >= 15 is 0 Å². The van der Waals surface area contributed by atoms with Crippen LogP contribution >= 0.6 is 0 Å². The number of rotatable bonds is 7. The molecule has 0 aliphatic rings. The quantitative estimate of drug-likeness (QED) is 0.421. The monoisotopic (exact) mass is 447 g/mol. The lowest BCUT2D eigenvalue weighted by molar-refractivity contribution is 0.341. The van der Waals surface area contributed by atoms with Crippen molar-refractivity contribution < 1.29 is 9.15 Å². The molecule has 0 spiro atoms. The van der Waals surface area contributed by atoms with Crippen LogP contribution in [0.2, 0.25) is 0 Å². The van der Waals surface area contributed by atoms with Crippen LogP contribution in [-0.4, -0.2) is 37.9 Å². The maximum absolute atomic E-state index is 6.15. The Hall–Kier alpha value is -3.88. The molecule has 0 aliphatic carbocycles. The second-order valence-corrected chi connectivity index (χ2v) is 8.95. The predicted octanol–water partition coefficient (Wildman–Crippen LogP) is 4.64. The first-order valence-electron chi connectivity index (χ1n) is 10.8. The van der Waals surface area contributed by atoms with Gasteiger partial charge in [0.15, 0.2) is 5.82 Å². The van der Waals surface area contributed by atoms with Crippen molar-refractivity contribution in [2.75, 3.05) is 24.2 Å². The highest BCUT2D eigenvalue weighted by Gasteiger charge is 2.23. The first-order chi connectivity index (χ1) is 15.8. The number of ether oxygens (including phenoxy) is 1. The lowest BCUT2D eigenvalue weighted by Gasteiger charge is -2.22. The van der Waals surface area contributed by atoms with Crippen molar-refractivity contribution in [3.8, 4) is 39.7 Å². The topological polar surface area (TPSA) is 117 Å². The molecule has 3 N–H and O–H groups in total. The molecular weight excluding hydrogens is 418 g/mol. The lowest BCUT2D eigenvalue weighted by atomic mass is 9.96. The second kappa shape index (κ2) is 8.93. The van der Waals surface area contributed by atoms with Crippen molar-refractivity contribution in [1.82, 2.24) is 24.7 Å². The SMILES string of the molecule is CCOc1cc(-c2nncn2C)ccc1-c1nc(N)nc(NCC(C)(C)C)c1-c1ccco1. The van der Waals surface area contributed by atoms with Crippen LogP contribution in [0.4, 0.5) is 11.8 Å². The number of nitrogens with zero attached hydrogens (tertiary/aromatic N) is 5. The van der Waals surface area contributed by atoms with Crippen LogP contribution in [0.15, 0.2) is 47.3 Å². The number of anilines is 2. The Kier molecular flexibility index (Phi) is 6.04. The van der Waals surface area contributed by atoms with Gasteiger partial charge in [-0.15, -0.1) is 10.2 Å². The molecule has 0 unspecified atom stereocenters. The minimum Gasteiger partial charge on any atom is -0.493 e. The van der Waals surface area contributed by atoms with Gasteiger partial charge >= 0.3 is 0 Å². The molecular formula is C24H29N7O2. The van der Waals surface area contributed by atoms with Crippen molar-refractivity contribution in [2.45, 2.75) is 27.7 Å². The zero-order valence-corrected chi connectivity index (χ0v) is 19.6. The van der Waals surface area contributed by atoms with E-state index in [1.165, 1.54) is 0 Å². The summed E-state index contributed by atoms with van der Waals surface area (Å²) in [6.45, 7) is 9.57. The molecule has 3 heterocycles. The van der Waals surface area contributed by atoms with Gasteiger partial charge in [0.25, 0.3) is 0 Å². The molecule has 1 aromatic carbocycles. The van der Waals surface area contributed by atoms with Gasteiger partial charge in [-0.25, -0.2) is 4.98 Å². The Bertz CT molecular complexity index is 1240. The molecule has 0 bridgehead atoms. The van der Waals surface area contributed by atoms with E-state index in [0.717, 1.165) is 22.5 Å². The molecule has 9 nitrogen and oxygen atoms in total.